The van der Waals surface area contributed by atoms with Crippen molar-refractivity contribution in [1.82, 2.24) is 15.3 Å². The number of sulfone groups is 1. The predicted octanol–water partition coefficient (Wildman–Crippen LogP) is 2.07. The monoisotopic (exact) mass is 487 g/mol. The van der Waals surface area contributed by atoms with E-state index in [2.05, 4.69) is 27.2 Å². The first-order valence-corrected chi connectivity index (χ1v) is 13.1. The SMILES string of the molecule is C=C1COCCN1c1cc(CS(=O)(=O)CCCO)nc(-c2ccc(NC(=O)NC3CC3)cc2)n1. The van der Waals surface area contributed by atoms with Crippen molar-refractivity contribution >= 4 is 27.4 Å². The van der Waals surface area contributed by atoms with Crippen LogP contribution in [0, 0.1) is 0 Å². The number of rotatable bonds is 9. The maximum absolute atomic E-state index is 12.5. The second-order valence-corrected chi connectivity index (χ2v) is 10.6. The molecule has 1 aromatic heterocycles. The first-order valence-electron chi connectivity index (χ1n) is 11.2. The van der Waals surface area contributed by atoms with Crippen molar-refractivity contribution in [3.63, 3.8) is 0 Å². The van der Waals surface area contributed by atoms with Gasteiger partial charge in [0.1, 0.15) is 5.82 Å². The molecule has 1 saturated carbocycles. The number of aliphatic hydroxyl groups is 1. The van der Waals surface area contributed by atoms with E-state index < -0.39 is 9.84 Å². The van der Waals surface area contributed by atoms with Gasteiger partial charge in [0, 0.05) is 42.2 Å². The summed E-state index contributed by atoms with van der Waals surface area (Å²) < 4.78 is 30.5. The number of ether oxygens (including phenoxy) is 1. The summed E-state index contributed by atoms with van der Waals surface area (Å²) in [6, 6.07) is 8.75. The third-order valence-corrected chi connectivity index (χ3v) is 7.09. The molecular formula is C23H29N5O5S. The largest absolute Gasteiger partial charge is 0.396 e. The molecule has 2 fully saturated rings. The molecule has 1 saturated heterocycles. The van der Waals surface area contributed by atoms with Crippen LogP contribution in [-0.2, 0) is 20.3 Å². The van der Waals surface area contributed by atoms with Crippen molar-refractivity contribution in [2.45, 2.75) is 31.1 Å². The lowest BCUT2D eigenvalue weighted by Crippen LogP contribution is -2.34. The second-order valence-electron chi connectivity index (χ2n) is 8.43. The number of morpholine rings is 1. The number of hydrogen-bond donors (Lipinski definition) is 3. The van der Waals surface area contributed by atoms with E-state index >= 15 is 0 Å². The van der Waals surface area contributed by atoms with E-state index in [1.54, 1.807) is 30.3 Å². The van der Waals surface area contributed by atoms with E-state index in [0.29, 0.717) is 48.3 Å². The molecule has 0 bridgehead atoms. The zero-order valence-electron chi connectivity index (χ0n) is 18.9. The Morgan fingerprint density at radius 1 is 1.24 bits per heavy atom. The number of aromatic nitrogens is 2. The van der Waals surface area contributed by atoms with E-state index in [4.69, 9.17) is 9.84 Å². The second kappa shape index (κ2) is 10.5. The number of hydrogen-bond acceptors (Lipinski definition) is 8. The van der Waals surface area contributed by atoms with Gasteiger partial charge < -0.3 is 25.4 Å². The molecular weight excluding hydrogens is 458 g/mol. The van der Waals surface area contributed by atoms with Gasteiger partial charge in [-0.05, 0) is 43.5 Å². The first kappa shape index (κ1) is 24.1. The molecule has 1 aliphatic heterocycles. The van der Waals surface area contributed by atoms with Crippen LogP contribution < -0.4 is 15.5 Å². The van der Waals surface area contributed by atoms with Gasteiger partial charge in [-0.2, -0.15) is 0 Å². The molecule has 0 radical (unpaired) electrons. The zero-order valence-corrected chi connectivity index (χ0v) is 19.7. The highest BCUT2D eigenvalue weighted by atomic mass is 32.2. The number of urea groups is 1. The van der Waals surface area contributed by atoms with Gasteiger partial charge >= 0.3 is 6.03 Å². The maximum Gasteiger partial charge on any atom is 0.319 e. The maximum atomic E-state index is 12.5. The summed E-state index contributed by atoms with van der Waals surface area (Å²) in [5.74, 6) is 0.550. The third kappa shape index (κ3) is 6.52. The van der Waals surface area contributed by atoms with Crippen LogP contribution >= 0.6 is 0 Å². The lowest BCUT2D eigenvalue weighted by molar-refractivity contribution is 0.143. The molecule has 11 heteroatoms. The van der Waals surface area contributed by atoms with Gasteiger partial charge in [-0.25, -0.2) is 23.2 Å². The number of nitrogens with one attached hydrogen (secondary N) is 2. The van der Waals surface area contributed by atoms with E-state index in [1.165, 1.54) is 0 Å². The lowest BCUT2D eigenvalue weighted by Gasteiger charge is -2.30. The topological polar surface area (TPSA) is 134 Å². The minimum atomic E-state index is -3.45. The molecule has 2 heterocycles. The van der Waals surface area contributed by atoms with Crippen molar-refractivity contribution < 1.29 is 23.1 Å². The zero-order chi connectivity index (χ0) is 24.1. The Morgan fingerprint density at radius 3 is 2.68 bits per heavy atom. The van der Waals surface area contributed by atoms with E-state index in [9.17, 15) is 13.2 Å². The standard InChI is InChI=1S/C23H29N5O5S/c1-16-14-33-11-9-28(16)21-13-20(15-34(31,32)12-2-10-29)24-22(27-21)17-3-5-18(6-4-17)25-23(30)26-19-7-8-19/h3-6,13,19,29H,1-2,7-12,14-15H2,(H2,25,26,30). The number of carbonyl (C=O) groups is 1. The van der Waals surface area contributed by atoms with Crippen LogP contribution in [-0.4, -0.2) is 67.7 Å². The molecule has 2 amide bonds. The highest BCUT2D eigenvalue weighted by Crippen LogP contribution is 2.26. The number of benzene rings is 1. The van der Waals surface area contributed by atoms with Gasteiger partial charge in [0.15, 0.2) is 15.7 Å². The highest BCUT2D eigenvalue weighted by molar-refractivity contribution is 7.90. The van der Waals surface area contributed by atoms with Gasteiger partial charge in [-0.15, -0.1) is 0 Å². The first-order chi connectivity index (χ1) is 16.3. The molecule has 1 aromatic carbocycles. The molecule has 3 N–H and O–H groups in total. The summed E-state index contributed by atoms with van der Waals surface area (Å²) in [5.41, 5.74) is 2.41. The number of carbonyl (C=O) groups excluding carboxylic acids is 1. The summed E-state index contributed by atoms with van der Waals surface area (Å²) in [7, 11) is -3.45. The van der Waals surface area contributed by atoms with Crippen molar-refractivity contribution in [3.05, 3.63) is 48.3 Å². The van der Waals surface area contributed by atoms with Gasteiger partial charge in [0.2, 0.25) is 0 Å². The Labute approximate surface area is 199 Å². The van der Waals surface area contributed by atoms with Crippen molar-refractivity contribution in [3.8, 4) is 11.4 Å². The van der Waals surface area contributed by atoms with Crippen LogP contribution in [0.15, 0.2) is 42.6 Å². The highest BCUT2D eigenvalue weighted by Gasteiger charge is 2.23. The van der Waals surface area contributed by atoms with Gasteiger partial charge in [-0.1, -0.05) is 6.58 Å². The van der Waals surface area contributed by atoms with Gasteiger partial charge in [0.25, 0.3) is 0 Å². The Morgan fingerprint density at radius 2 is 2.00 bits per heavy atom. The summed E-state index contributed by atoms with van der Waals surface area (Å²) >= 11 is 0. The smallest absolute Gasteiger partial charge is 0.319 e. The van der Waals surface area contributed by atoms with Gasteiger partial charge in [0.05, 0.1) is 30.4 Å². The summed E-state index contributed by atoms with van der Waals surface area (Å²) in [4.78, 5) is 23.1. The third-order valence-electron chi connectivity index (χ3n) is 5.45. The molecule has 10 nitrogen and oxygen atoms in total. The molecule has 2 aliphatic rings. The fourth-order valence-electron chi connectivity index (χ4n) is 3.55. The Kier molecular flexibility index (Phi) is 7.44. The Bertz CT molecular complexity index is 1150. The van der Waals surface area contributed by atoms with Crippen molar-refractivity contribution in [1.29, 1.82) is 0 Å². The Balaban J connectivity index is 1.60. The van der Waals surface area contributed by atoms with Crippen molar-refractivity contribution in [2.24, 2.45) is 0 Å². The average molecular weight is 488 g/mol. The number of aliphatic hydroxyl groups excluding tert-OH is 1. The average Bonchev–Trinajstić information content (AvgIpc) is 3.62. The van der Waals surface area contributed by atoms with Crippen molar-refractivity contribution in [2.75, 3.05) is 42.3 Å². The molecule has 2 aromatic rings. The van der Waals surface area contributed by atoms with Crippen LogP contribution in [0.25, 0.3) is 11.4 Å². The minimum absolute atomic E-state index is 0.119. The summed E-state index contributed by atoms with van der Waals surface area (Å²) in [6.45, 7) is 5.26. The number of nitrogens with zero attached hydrogens (tertiary/aromatic N) is 3. The fraction of sp³-hybridized carbons (Fsp3) is 0.435. The lowest BCUT2D eigenvalue weighted by atomic mass is 10.2. The molecule has 0 unspecified atom stereocenters. The molecule has 4 rings (SSSR count). The van der Waals surface area contributed by atoms with Gasteiger partial charge in [-0.3, -0.25) is 0 Å². The Hall–Kier alpha value is -3.02. The van der Waals surface area contributed by atoms with Crippen LogP contribution in [0.5, 0.6) is 0 Å². The number of amides is 2. The molecule has 1 aliphatic carbocycles. The van der Waals surface area contributed by atoms with Crippen LogP contribution in [0.3, 0.4) is 0 Å². The fourth-order valence-corrected chi connectivity index (χ4v) is 4.86. The van der Waals surface area contributed by atoms with E-state index in [-0.39, 0.29) is 36.6 Å². The number of anilines is 2. The molecule has 182 valence electrons. The minimum Gasteiger partial charge on any atom is -0.396 e. The molecule has 0 spiro atoms. The summed E-state index contributed by atoms with van der Waals surface area (Å²) in [5, 5.41) is 14.7. The van der Waals surface area contributed by atoms with Crippen LogP contribution in [0.1, 0.15) is 25.0 Å². The molecule has 34 heavy (non-hydrogen) atoms. The van der Waals surface area contributed by atoms with Crippen LogP contribution in [0.4, 0.5) is 16.3 Å². The predicted molar refractivity (Wildman–Crippen MR) is 129 cm³/mol. The summed E-state index contributed by atoms with van der Waals surface area (Å²) in [6.07, 6.45) is 2.19. The van der Waals surface area contributed by atoms with E-state index in [0.717, 1.165) is 18.5 Å². The van der Waals surface area contributed by atoms with Crippen LogP contribution in [0.2, 0.25) is 0 Å². The normalized spacial score (nSPS) is 16.4. The quantitative estimate of drug-likeness (QED) is 0.490. The molecule has 0 atom stereocenters. The van der Waals surface area contributed by atoms with E-state index in [1.807, 2.05) is 4.90 Å².